The van der Waals surface area contributed by atoms with Crippen LogP contribution in [0, 0.1) is 5.82 Å². The highest BCUT2D eigenvalue weighted by Crippen LogP contribution is 2.52. The molecule has 1 N–H and O–H groups in total. The van der Waals surface area contributed by atoms with Crippen molar-refractivity contribution in [2.24, 2.45) is 0 Å². The predicted molar refractivity (Wildman–Crippen MR) is 198 cm³/mol. The lowest BCUT2D eigenvalue weighted by Gasteiger charge is -2.48. The SMILES string of the molecule is CC(=O)N1CCC2(CC1)C(=O)N([C@H]1C[C@@H](N3CCCCC3)C1)c1cc(-c3cc4ncn(C(C)C)c4c(Nc4cc(N(C)C)ncc4F)n3)ccc12. The van der Waals surface area contributed by atoms with Crippen molar-refractivity contribution in [3.63, 3.8) is 0 Å². The van der Waals surface area contributed by atoms with Gasteiger partial charge in [-0.3, -0.25) is 9.59 Å². The number of carbonyl (C=O) groups is 2. The third kappa shape index (κ3) is 5.71. The zero-order valence-corrected chi connectivity index (χ0v) is 30.3. The van der Waals surface area contributed by atoms with Crippen molar-refractivity contribution in [2.45, 2.75) is 89.3 Å². The number of aromatic nitrogens is 4. The van der Waals surface area contributed by atoms with Gasteiger partial charge < -0.3 is 29.5 Å². The molecule has 1 aliphatic carbocycles. The number of fused-ring (bicyclic) bond motifs is 3. The molecule has 1 aromatic carbocycles. The number of imidazole rings is 1. The Labute approximate surface area is 298 Å². The van der Waals surface area contributed by atoms with E-state index in [1.54, 1.807) is 19.3 Å². The van der Waals surface area contributed by atoms with Crippen molar-refractivity contribution in [1.82, 2.24) is 29.3 Å². The third-order valence-corrected chi connectivity index (χ3v) is 11.8. The summed E-state index contributed by atoms with van der Waals surface area (Å²) in [6, 6.07) is 10.7. The van der Waals surface area contributed by atoms with Crippen LogP contribution in [0.4, 0.5) is 27.4 Å². The Bertz CT molecular complexity index is 1990. The van der Waals surface area contributed by atoms with Gasteiger partial charge in [0.2, 0.25) is 11.8 Å². The molecule has 3 aliphatic heterocycles. The zero-order valence-electron chi connectivity index (χ0n) is 30.3. The molecule has 268 valence electrons. The average Bonchev–Trinajstić information content (AvgIpc) is 3.63. The van der Waals surface area contributed by atoms with Crippen molar-refractivity contribution >= 4 is 45.9 Å². The average molecular weight is 694 g/mol. The lowest BCUT2D eigenvalue weighted by molar-refractivity contribution is -0.134. The van der Waals surface area contributed by atoms with Crippen LogP contribution < -0.4 is 15.1 Å². The van der Waals surface area contributed by atoms with Gasteiger partial charge in [0.15, 0.2) is 11.6 Å². The number of likely N-dealkylation sites (tertiary alicyclic amines) is 2. The van der Waals surface area contributed by atoms with Crippen molar-refractivity contribution in [2.75, 3.05) is 55.4 Å². The first-order valence-electron chi connectivity index (χ1n) is 18.5. The standard InChI is InChI=1S/C39H48FN9O2/c1-24(2)48-23-42-33-20-31(43-37(36(33)48)44-32-21-35(45(4)5)41-22-30(32)40)26-9-10-29-34(17-26)49(28-18-27(19-28)47-13-7-6-8-14-47)38(51)39(29)11-15-46(16-12-39)25(3)50/h9-10,17,20-24,27-28H,6-8,11-16,18-19H2,1-5H3,(H,41,43,44)/t27-,28+. The topological polar surface area (TPSA) is 103 Å². The van der Waals surface area contributed by atoms with Crippen LogP contribution in [0.5, 0.6) is 0 Å². The summed E-state index contributed by atoms with van der Waals surface area (Å²) in [5.74, 6) is 0.863. The van der Waals surface area contributed by atoms with Crippen LogP contribution in [0.1, 0.15) is 77.3 Å². The van der Waals surface area contributed by atoms with Gasteiger partial charge in [0.1, 0.15) is 11.3 Å². The number of amides is 2. The monoisotopic (exact) mass is 693 g/mol. The second-order valence-corrected chi connectivity index (χ2v) is 15.4. The van der Waals surface area contributed by atoms with E-state index in [0.29, 0.717) is 49.3 Å². The number of carbonyl (C=O) groups excluding carboxylic acids is 2. The molecule has 0 unspecified atom stereocenters. The van der Waals surface area contributed by atoms with E-state index in [1.807, 2.05) is 34.5 Å². The molecular formula is C39H48FN9O2. The Balaban J connectivity index is 1.20. The molecule has 4 aliphatic rings. The number of halogens is 1. The fourth-order valence-electron chi connectivity index (χ4n) is 8.73. The van der Waals surface area contributed by atoms with Gasteiger partial charge in [0, 0.05) is 69.6 Å². The van der Waals surface area contributed by atoms with Crippen molar-refractivity contribution < 1.29 is 14.0 Å². The number of benzene rings is 1. The molecule has 3 aromatic heterocycles. The van der Waals surface area contributed by atoms with Crippen LogP contribution in [-0.2, 0) is 15.0 Å². The van der Waals surface area contributed by atoms with Crippen LogP contribution in [-0.4, -0.2) is 93.5 Å². The van der Waals surface area contributed by atoms with Gasteiger partial charge in [-0.05, 0) is 83.2 Å². The Kier molecular flexibility index (Phi) is 8.47. The second kappa shape index (κ2) is 12.9. The van der Waals surface area contributed by atoms with Crippen molar-refractivity contribution in [3.8, 4) is 11.3 Å². The van der Waals surface area contributed by atoms with Crippen LogP contribution in [0.15, 0.2) is 42.9 Å². The number of piperidine rings is 2. The summed E-state index contributed by atoms with van der Waals surface area (Å²) < 4.78 is 17.2. The Morgan fingerprint density at radius 1 is 1.00 bits per heavy atom. The first-order valence-corrected chi connectivity index (χ1v) is 18.5. The highest BCUT2D eigenvalue weighted by molar-refractivity contribution is 6.09. The molecule has 51 heavy (non-hydrogen) atoms. The molecule has 0 radical (unpaired) electrons. The highest BCUT2D eigenvalue weighted by atomic mass is 19.1. The first-order chi connectivity index (χ1) is 24.5. The molecular weight excluding hydrogens is 645 g/mol. The van der Waals surface area contributed by atoms with Gasteiger partial charge in [-0.15, -0.1) is 0 Å². The molecule has 8 rings (SSSR count). The quantitative estimate of drug-likeness (QED) is 0.242. The fraction of sp³-hybridized carbons (Fsp3) is 0.513. The lowest BCUT2D eigenvalue weighted by atomic mass is 9.73. The summed E-state index contributed by atoms with van der Waals surface area (Å²) in [5, 5.41) is 3.29. The third-order valence-electron chi connectivity index (χ3n) is 11.8. The molecule has 6 heterocycles. The number of nitrogens with one attached hydrogen (secondary N) is 1. The van der Waals surface area contributed by atoms with Crippen LogP contribution >= 0.6 is 0 Å². The Hall–Kier alpha value is -4.58. The smallest absolute Gasteiger partial charge is 0.238 e. The minimum atomic E-state index is -0.640. The van der Waals surface area contributed by atoms with E-state index in [2.05, 4.69) is 52.1 Å². The van der Waals surface area contributed by atoms with Crippen LogP contribution in [0.25, 0.3) is 22.3 Å². The van der Waals surface area contributed by atoms with E-state index >= 15 is 4.39 Å². The zero-order chi connectivity index (χ0) is 35.6. The number of nitrogens with zero attached hydrogens (tertiary/aromatic N) is 8. The van der Waals surface area contributed by atoms with Crippen LogP contribution in [0.3, 0.4) is 0 Å². The van der Waals surface area contributed by atoms with E-state index in [9.17, 15) is 9.59 Å². The molecule has 3 fully saturated rings. The summed E-state index contributed by atoms with van der Waals surface area (Å²) in [6.07, 6.45) is 10.0. The molecule has 0 bridgehead atoms. The Morgan fingerprint density at radius 3 is 2.43 bits per heavy atom. The molecule has 2 saturated heterocycles. The van der Waals surface area contributed by atoms with Gasteiger partial charge >= 0.3 is 0 Å². The minimum Gasteiger partial charge on any atom is -0.363 e. The maximum atomic E-state index is 15.2. The van der Waals surface area contributed by atoms with Crippen molar-refractivity contribution in [3.05, 3.63) is 54.2 Å². The van der Waals surface area contributed by atoms with E-state index in [1.165, 1.54) is 25.5 Å². The predicted octanol–water partition coefficient (Wildman–Crippen LogP) is 6.27. The maximum absolute atomic E-state index is 15.2. The number of anilines is 4. The van der Waals surface area contributed by atoms with Gasteiger partial charge in [0.25, 0.3) is 0 Å². The normalized spacial score (nSPS) is 21.7. The van der Waals surface area contributed by atoms with Gasteiger partial charge in [0.05, 0.1) is 34.8 Å². The van der Waals surface area contributed by atoms with E-state index in [0.717, 1.165) is 53.8 Å². The van der Waals surface area contributed by atoms with E-state index in [4.69, 9.17) is 9.97 Å². The van der Waals surface area contributed by atoms with Gasteiger partial charge in [-0.1, -0.05) is 18.6 Å². The first kappa shape index (κ1) is 33.6. The molecule has 12 heteroatoms. The Morgan fingerprint density at radius 2 is 1.75 bits per heavy atom. The molecule has 1 saturated carbocycles. The minimum absolute atomic E-state index is 0.0569. The summed E-state index contributed by atoms with van der Waals surface area (Å²) >= 11 is 0. The maximum Gasteiger partial charge on any atom is 0.238 e. The summed E-state index contributed by atoms with van der Waals surface area (Å²) in [5.41, 5.74) is 4.71. The molecule has 0 atom stereocenters. The largest absolute Gasteiger partial charge is 0.363 e. The number of hydrogen-bond donors (Lipinski definition) is 1. The highest BCUT2D eigenvalue weighted by Gasteiger charge is 2.55. The lowest BCUT2D eigenvalue weighted by Crippen LogP contribution is -2.58. The van der Waals surface area contributed by atoms with Gasteiger partial charge in [-0.2, -0.15) is 0 Å². The van der Waals surface area contributed by atoms with E-state index in [-0.39, 0.29) is 29.6 Å². The number of rotatable bonds is 7. The van der Waals surface area contributed by atoms with Gasteiger partial charge in [-0.25, -0.2) is 19.3 Å². The number of pyridine rings is 2. The summed E-state index contributed by atoms with van der Waals surface area (Å²) in [6.45, 7) is 9.21. The van der Waals surface area contributed by atoms with Crippen LogP contribution in [0.2, 0.25) is 0 Å². The number of hydrogen-bond acceptors (Lipinski definition) is 8. The van der Waals surface area contributed by atoms with Crippen molar-refractivity contribution in [1.29, 1.82) is 0 Å². The molecule has 11 nitrogen and oxygen atoms in total. The second-order valence-electron chi connectivity index (χ2n) is 15.4. The molecule has 4 aromatic rings. The summed E-state index contributed by atoms with van der Waals surface area (Å²) in [4.78, 5) is 49.5. The molecule has 1 spiro atoms. The summed E-state index contributed by atoms with van der Waals surface area (Å²) in [7, 11) is 3.73. The fourth-order valence-corrected chi connectivity index (χ4v) is 8.73. The van der Waals surface area contributed by atoms with E-state index < -0.39 is 11.2 Å². The molecule has 2 amide bonds.